The van der Waals surface area contributed by atoms with Gasteiger partial charge in [-0.05, 0) is 44.5 Å². The third kappa shape index (κ3) is 3.33. The first-order valence-electron chi connectivity index (χ1n) is 6.27. The van der Waals surface area contributed by atoms with E-state index in [-0.39, 0.29) is 5.91 Å². The number of H-pyrrole nitrogens is 1. The van der Waals surface area contributed by atoms with E-state index in [0.29, 0.717) is 5.75 Å². The highest BCUT2D eigenvalue weighted by Crippen LogP contribution is 2.24. The molecule has 0 unspecified atom stereocenters. The number of aromatic amines is 1. The van der Waals surface area contributed by atoms with Crippen molar-refractivity contribution in [2.24, 2.45) is 0 Å². The molecule has 1 aromatic carbocycles. The van der Waals surface area contributed by atoms with E-state index in [1.807, 2.05) is 39.0 Å². The predicted octanol–water partition coefficient (Wildman–Crippen LogP) is 2.65. The smallest absolute Gasteiger partial charge is 0.234 e. The van der Waals surface area contributed by atoms with E-state index in [1.54, 1.807) is 0 Å². The van der Waals surface area contributed by atoms with Gasteiger partial charge < -0.3 is 11.1 Å². The number of carbonyl (C=O) groups is 1. The molecule has 6 heteroatoms. The van der Waals surface area contributed by atoms with E-state index in [0.717, 1.165) is 33.2 Å². The van der Waals surface area contributed by atoms with Gasteiger partial charge in [0.05, 0.1) is 22.8 Å². The monoisotopic (exact) mass is 290 g/mol. The zero-order chi connectivity index (χ0) is 14.7. The average Bonchev–Trinajstić information content (AvgIpc) is 2.69. The summed E-state index contributed by atoms with van der Waals surface area (Å²) in [6.45, 7) is 5.73. The van der Waals surface area contributed by atoms with Gasteiger partial charge >= 0.3 is 0 Å². The summed E-state index contributed by atoms with van der Waals surface area (Å²) in [5.74, 6) is 0.313. The minimum Gasteiger partial charge on any atom is -0.399 e. The zero-order valence-corrected chi connectivity index (χ0v) is 12.6. The minimum absolute atomic E-state index is 0.0428. The topological polar surface area (TPSA) is 83.8 Å². The molecule has 1 aromatic heterocycles. The summed E-state index contributed by atoms with van der Waals surface area (Å²) in [7, 11) is 0. The molecule has 2 rings (SSSR count). The van der Waals surface area contributed by atoms with Gasteiger partial charge in [-0.3, -0.25) is 9.89 Å². The van der Waals surface area contributed by atoms with Crippen molar-refractivity contribution in [3.8, 4) is 0 Å². The maximum atomic E-state index is 12.0. The summed E-state index contributed by atoms with van der Waals surface area (Å²) in [5.41, 5.74) is 9.96. The lowest BCUT2D eigenvalue weighted by atomic mass is 10.2. The summed E-state index contributed by atoms with van der Waals surface area (Å²) < 4.78 is 0. The molecular weight excluding hydrogens is 272 g/mol. The molecule has 0 saturated carbocycles. The quantitative estimate of drug-likeness (QED) is 0.597. The van der Waals surface area contributed by atoms with Gasteiger partial charge in [-0.2, -0.15) is 5.10 Å². The number of rotatable bonds is 4. The highest BCUT2D eigenvalue weighted by atomic mass is 32.2. The number of hydrogen-bond acceptors (Lipinski definition) is 4. The van der Waals surface area contributed by atoms with E-state index in [9.17, 15) is 4.79 Å². The average molecular weight is 290 g/mol. The molecule has 2 aromatic rings. The van der Waals surface area contributed by atoms with Crippen LogP contribution < -0.4 is 11.1 Å². The minimum atomic E-state index is -0.0428. The molecule has 106 valence electrons. The molecule has 1 heterocycles. The molecule has 0 spiro atoms. The highest BCUT2D eigenvalue weighted by Gasteiger charge is 2.11. The number of carbonyl (C=O) groups excluding carboxylic acids is 1. The van der Waals surface area contributed by atoms with Crippen LogP contribution >= 0.6 is 11.8 Å². The van der Waals surface area contributed by atoms with Crippen LogP contribution in [0.25, 0.3) is 0 Å². The fourth-order valence-corrected chi connectivity index (χ4v) is 2.70. The number of anilines is 2. The van der Waals surface area contributed by atoms with E-state index >= 15 is 0 Å². The Kier molecular flexibility index (Phi) is 4.34. The van der Waals surface area contributed by atoms with Crippen LogP contribution in [0.2, 0.25) is 0 Å². The largest absolute Gasteiger partial charge is 0.399 e. The van der Waals surface area contributed by atoms with Crippen LogP contribution in [0, 0.1) is 20.8 Å². The summed E-state index contributed by atoms with van der Waals surface area (Å²) in [4.78, 5) is 13.0. The van der Waals surface area contributed by atoms with E-state index in [2.05, 4.69) is 15.5 Å². The van der Waals surface area contributed by atoms with Gasteiger partial charge in [0.15, 0.2) is 0 Å². The SMILES string of the molecule is Cc1cc(N)ccc1SCC(=O)Nc1c(C)n[nH]c1C. The van der Waals surface area contributed by atoms with Crippen LogP contribution in [-0.2, 0) is 4.79 Å². The van der Waals surface area contributed by atoms with Crippen molar-refractivity contribution in [1.29, 1.82) is 0 Å². The molecule has 0 fully saturated rings. The Balaban J connectivity index is 1.96. The van der Waals surface area contributed by atoms with Gasteiger partial charge in [-0.1, -0.05) is 0 Å². The van der Waals surface area contributed by atoms with Crippen LogP contribution in [0.5, 0.6) is 0 Å². The molecule has 0 aliphatic carbocycles. The number of nitrogens with two attached hydrogens (primary N) is 1. The van der Waals surface area contributed by atoms with Crippen LogP contribution in [0.1, 0.15) is 17.0 Å². The standard InChI is InChI=1S/C14H18N4OS/c1-8-6-11(15)4-5-12(8)20-7-13(19)16-14-9(2)17-18-10(14)3/h4-6H,7,15H2,1-3H3,(H,16,19)(H,17,18). The lowest BCUT2D eigenvalue weighted by Crippen LogP contribution is -2.15. The Labute approximate surface area is 122 Å². The van der Waals surface area contributed by atoms with Gasteiger partial charge in [0.25, 0.3) is 0 Å². The number of aromatic nitrogens is 2. The number of thioether (sulfide) groups is 1. The first-order valence-corrected chi connectivity index (χ1v) is 7.26. The summed E-state index contributed by atoms with van der Waals surface area (Å²) in [6, 6.07) is 5.69. The normalized spacial score (nSPS) is 10.6. The Morgan fingerprint density at radius 3 is 2.75 bits per heavy atom. The molecule has 4 N–H and O–H groups in total. The first kappa shape index (κ1) is 14.5. The Morgan fingerprint density at radius 2 is 2.15 bits per heavy atom. The number of aryl methyl sites for hydroxylation is 3. The fraction of sp³-hybridized carbons (Fsp3) is 0.286. The van der Waals surface area contributed by atoms with E-state index in [1.165, 1.54) is 11.8 Å². The molecule has 20 heavy (non-hydrogen) atoms. The molecular formula is C14H18N4OS. The molecule has 1 amide bonds. The Bertz CT molecular complexity index is 617. The summed E-state index contributed by atoms with van der Waals surface area (Å²) >= 11 is 1.50. The lowest BCUT2D eigenvalue weighted by Gasteiger charge is -2.07. The molecule has 5 nitrogen and oxygen atoms in total. The molecule has 0 atom stereocenters. The van der Waals surface area contributed by atoms with Gasteiger partial charge in [0.2, 0.25) is 5.91 Å². The first-order chi connectivity index (χ1) is 9.47. The lowest BCUT2D eigenvalue weighted by molar-refractivity contribution is -0.113. The fourth-order valence-electron chi connectivity index (χ4n) is 1.89. The van der Waals surface area contributed by atoms with Crippen molar-refractivity contribution in [1.82, 2.24) is 10.2 Å². The van der Waals surface area contributed by atoms with Crippen LogP contribution in [-0.4, -0.2) is 21.9 Å². The molecule has 0 radical (unpaired) electrons. The second-order valence-corrected chi connectivity index (χ2v) is 5.69. The second-order valence-electron chi connectivity index (χ2n) is 4.67. The maximum absolute atomic E-state index is 12.0. The summed E-state index contributed by atoms with van der Waals surface area (Å²) in [6.07, 6.45) is 0. The van der Waals surface area contributed by atoms with Crippen LogP contribution in [0.4, 0.5) is 11.4 Å². The molecule has 0 saturated heterocycles. The second kappa shape index (κ2) is 6.00. The van der Waals surface area contributed by atoms with Crippen molar-refractivity contribution < 1.29 is 4.79 Å². The van der Waals surface area contributed by atoms with Crippen LogP contribution in [0.3, 0.4) is 0 Å². The number of benzene rings is 1. The number of nitrogen functional groups attached to an aromatic ring is 1. The number of amides is 1. The molecule has 0 aliphatic heterocycles. The van der Waals surface area contributed by atoms with Crippen molar-refractivity contribution in [3.63, 3.8) is 0 Å². The van der Waals surface area contributed by atoms with Crippen molar-refractivity contribution >= 4 is 29.0 Å². The van der Waals surface area contributed by atoms with Crippen molar-refractivity contribution in [2.75, 3.05) is 16.8 Å². The van der Waals surface area contributed by atoms with Gasteiger partial charge in [0.1, 0.15) is 0 Å². The van der Waals surface area contributed by atoms with Gasteiger partial charge in [0, 0.05) is 10.6 Å². The van der Waals surface area contributed by atoms with E-state index < -0.39 is 0 Å². The third-order valence-corrected chi connectivity index (χ3v) is 4.13. The number of hydrogen-bond donors (Lipinski definition) is 3. The number of nitrogens with zero attached hydrogens (tertiary/aromatic N) is 1. The van der Waals surface area contributed by atoms with E-state index in [4.69, 9.17) is 5.73 Å². The third-order valence-electron chi connectivity index (χ3n) is 2.95. The molecule has 0 bridgehead atoms. The Morgan fingerprint density at radius 1 is 1.40 bits per heavy atom. The molecule has 0 aliphatic rings. The maximum Gasteiger partial charge on any atom is 0.234 e. The van der Waals surface area contributed by atoms with Gasteiger partial charge in [-0.25, -0.2) is 0 Å². The van der Waals surface area contributed by atoms with Crippen molar-refractivity contribution in [2.45, 2.75) is 25.7 Å². The van der Waals surface area contributed by atoms with Crippen molar-refractivity contribution in [3.05, 3.63) is 35.2 Å². The highest BCUT2D eigenvalue weighted by molar-refractivity contribution is 8.00. The Hall–Kier alpha value is -1.95. The zero-order valence-electron chi connectivity index (χ0n) is 11.8. The summed E-state index contributed by atoms with van der Waals surface area (Å²) in [5, 5.41) is 9.78. The van der Waals surface area contributed by atoms with Crippen LogP contribution in [0.15, 0.2) is 23.1 Å². The predicted molar refractivity (Wildman–Crippen MR) is 83.0 cm³/mol. The van der Waals surface area contributed by atoms with Gasteiger partial charge in [-0.15, -0.1) is 11.8 Å². The number of nitrogens with one attached hydrogen (secondary N) is 2.